The minimum absolute atomic E-state index is 1.24. The molecule has 0 fully saturated rings. The van der Waals surface area contributed by atoms with Crippen molar-refractivity contribution in [3.63, 3.8) is 0 Å². The molecule has 0 aromatic heterocycles. The summed E-state index contributed by atoms with van der Waals surface area (Å²) in [4.78, 5) is 0. The summed E-state index contributed by atoms with van der Waals surface area (Å²) in [7, 11) is 0. The predicted molar refractivity (Wildman–Crippen MR) is 142 cm³/mol. The van der Waals surface area contributed by atoms with Crippen molar-refractivity contribution in [3.05, 3.63) is 133 Å². The van der Waals surface area contributed by atoms with Crippen LogP contribution in [-0.2, 0) is 0 Å². The average Bonchev–Trinajstić information content (AvgIpc) is 2.89. The fraction of sp³-hybridized carbons (Fsp3) is 0.0303. The third-order valence-electron chi connectivity index (χ3n) is 6.59. The molecule has 0 heterocycles. The predicted octanol–water partition coefficient (Wildman–Crippen LogP) is 9.30. The van der Waals surface area contributed by atoms with Crippen LogP contribution >= 0.6 is 0 Å². The van der Waals surface area contributed by atoms with Gasteiger partial charge >= 0.3 is 0 Å². The van der Waals surface area contributed by atoms with Gasteiger partial charge in [0.2, 0.25) is 0 Å². The van der Waals surface area contributed by atoms with Crippen molar-refractivity contribution in [3.8, 4) is 33.4 Å². The van der Waals surface area contributed by atoms with E-state index in [1.54, 1.807) is 0 Å². The van der Waals surface area contributed by atoms with Gasteiger partial charge in [-0.1, -0.05) is 115 Å². The first kappa shape index (κ1) is 19.5. The topological polar surface area (TPSA) is 0 Å². The maximum absolute atomic E-state index is 2.39. The third-order valence-corrected chi connectivity index (χ3v) is 6.59. The van der Waals surface area contributed by atoms with Crippen molar-refractivity contribution in [1.82, 2.24) is 0 Å². The van der Waals surface area contributed by atoms with Gasteiger partial charge in [0.15, 0.2) is 0 Å². The van der Waals surface area contributed by atoms with Gasteiger partial charge in [0, 0.05) is 0 Å². The molecule has 0 amide bonds. The van der Waals surface area contributed by atoms with Gasteiger partial charge in [0.1, 0.15) is 0 Å². The number of rotatable bonds is 3. The van der Waals surface area contributed by atoms with E-state index in [9.17, 15) is 0 Å². The molecule has 0 radical (unpaired) electrons. The van der Waals surface area contributed by atoms with Crippen LogP contribution < -0.4 is 0 Å². The fourth-order valence-corrected chi connectivity index (χ4v) is 4.99. The fourth-order valence-electron chi connectivity index (χ4n) is 4.99. The average molecular weight is 421 g/mol. The van der Waals surface area contributed by atoms with E-state index >= 15 is 0 Å². The van der Waals surface area contributed by atoms with Crippen LogP contribution in [0.15, 0.2) is 127 Å². The van der Waals surface area contributed by atoms with E-state index in [0.29, 0.717) is 0 Å². The molecule has 0 nitrogen and oxygen atoms in total. The molecule has 6 rings (SSSR count). The molecule has 0 saturated carbocycles. The summed E-state index contributed by atoms with van der Waals surface area (Å²) in [5.74, 6) is 0. The Morgan fingerprint density at radius 1 is 0.364 bits per heavy atom. The zero-order chi connectivity index (χ0) is 22.2. The lowest BCUT2D eigenvalue weighted by molar-refractivity contribution is 1.45. The molecular weight excluding hydrogens is 396 g/mol. The van der Waals surface area contributed by atoms with Crippen molar-refractivity contribution in [1.29, 1.82) is 0 Å². The van der Waals surface area contributed by atoms with Crippen LogP contribution in [0.1, 0.15) is 5.56 Å². The monoisotopic (exact) mass is 420 g/mol. The molecular formula is C33H24. The van der Waals surface area contributed by atoms with Crippen LogP contribution in [0.3, 0.4) is 0 Å². The van der Waals surface area contributed by atoms with Crippen LogP contribution in [0.4, 0.5) is 0 Å². The molecule has 0 atom stereocenters. The zero-order valence-electron chi connectivity index (χ0n) is 18.6. The molecule has 0 unspecified atom stereocenters. The van der Waals surface area contributed by atoms with Gasteiger partial charge in [0.05, 0.1) is 0 Å². The summed E-state index contributed by atoms with van der Waals surface area (Å²) in [6, 6.07) is 46.1. The largest absolute Gasteiger partial charge is 0.0622 e. The molecule has 0 spiro atoms. The molecule has 0 aliphatic heterocycles. The van der Waals surface area contributed by atoms with Gasteiger partial charge in [-0.15, -0.1) is 0 Å². The zero-order valence-corrected chi connectivity index (χ0v) is 18.6. The highest BCUT2D eigenvalue weighted by Crippen LogP contribution is 2.42. The number of benzene rings is 6. The molecule has 6 aromatic rings. The highest BCUT2D eigenvalue weighted by atomic mass is 14.2. The summed E-state index contributed by atoms with van der Waals surface area (Å²) in [5, 5.41) is 5.16. The van der Waals surface area contributed by atoms with Crippen LogP contribution in [0.5, 0.6) is 0 Å². The lowest BCUT2D eigenvalue weighted by Crippen LogP contribution is -1.93. The molecule has 0 bridgehead atoms. The number of fused-ring (bicyclic) bond motifs is 3. The molecule has 156 valence electrons. The van der Waals surface area contributed by atoms with Gasteiger partial charge < -0.3 is 0 Å². The van der Waals surface area contributed by atoms with Crippen molar-refractivity contribution in [2.45, 2.75) is 6.92 Å². The first-order valence-electron chi connectivity index (χ1n) is 11.5. The Bertz CT molecular complexity index is 1590. The van der Waals surface area contributed by atoms with Crippen LogP contribution in [-0.4, -0.2) is 0 Å². The maximum atomic E-state index is 2.39. The number of aryl methyl sites for hydroxylation is 1. The van der Waals surface area contributed by atoms with E-state index in [4.69, 9.17) is 0 Å². The minimum Gasteiger partial charge on any atom is -0.0622 e. The van der Waals surface area contributed by atoms with Gasteiger partial charge in [-0.3, -0.25) is 0 Å². The van der Waals surface area contributed by atoms with Crippen molar-refractivity contribution in [2.24, 2.45) is 0 Å². The quantitative estimate of drug-likeness (QED) is 0.250. The normalized spacial score (nSPS) is 11.2. The summed E-state index contributed by atoms with van der Waals surface area (Å²) >= 11 is 0. The van der Waals surface area contributed by atoms with Crippen LogP contribution in [0.2, 0.25) is 0 Å². The third kappa shape index (κ3) is 3.41. The Balaban J connectivity index is 1.73. The second-order valence-corrected chi connectivity index (χ2v) is 8.64. The van der Waals surface area contributed by atoms with E-state index in [2.05, 4.69) is 134 Å². The summed E-state index contributed by atoms with van der Waals surface area (Å²) < 4.78 is 0. The Labute approximate surface area is 194 Å². The Kier molecular flexibility index (Phi) is 4.78. The Morgan fingerprint density at radius 2 is 0.909 bits per heavy atom. The highest BCUT2D eigenvalue weighted by Gasteiger charge is 2.16. The second kappa shape index (κ2) is 8.07. The van der Waals surface area contributed by atoms with E-state index < -0.39 is 0 Å². The lowest BCUT2D eigenvalue weighted by Gasteiger charge is -2.18. The van der Waals surface area contributed by atoms with E-state index in [0.717, 1.165) is 0 Å². The number of hydrogen-bond donors (Lipinski definition) is 0. The molecule has 0 saturated heterocycles. The van der Waals surface area contributed by atoms with E-state index in [-0.39, 0.29) is 0 Å². The van der Waals surface area contributed by atoms with Crippen molar-refractivity contribution in [2.75, 3.05) is 0 Å². The SMILES string of the molecule is Cc1cc(-c2ccccc2)c(-c2cc3ccccc3c3ccccc23)cc1-c1ccccc1. The molecule has 0 heteroatoms. The van der Waals surface area contributed by atoms with Gasteiger partial charge in [-0.2, -0.15) is 0 Å². The summed E-state index contributed by atoms with van der Waals surface area (Å²) in [6.45, 7) is 2.22. The Hall–Kier alpha value is -4.16. The van der Waals surface area contributed by atoms with Crippen molar-refractivity contribution >= 4 is 21.5 Å². The summed E-state index contributed by atoms with van der Waals surface area (Å²) in [6.07, 6.45) is 0. The second-order valence-electron chi connectivity index (χ2n) is 8.64. The molecule has 0 aliphatic rings. The molecule has 6 aromatic carbocycles. The van der Waals surface area contributed by atoms with E-state index in [1.165, 1.54) is 60.5 Å². The molecule has 33 heavy (non-hydrogen) atoms. The van der Waals surface area contributed by atoms with Crippen LogP contribution in [0, 0.1) is 6.92 Å². The Morgan fingerprint density at radius 3 is 1.61 bits per heavy atom. The minimum atomic E-state index is 1.24. The highest BCUT2D eigenvalue weighted by molar-refractivity contribution is 6.15. The first-order valence-corrected chi connectivity index (χ1v) is 11.5. The van der Waals surface area contributed by atoms with Gasteiger partial charge in [-0.25, -0.2) is 0 Å². The molecule has 0 N–H and O–H groups in total. The van der Waals surface area contributed by atoms with Gasteiger partial charge in [-0.05, 0) is 79.5 Å². The molecule has 0 aliphatic carbocycles. The maximum Gasteiger partial charge on any atom is -0.00926 e. The van der Waals surface area contributed by atoms with E-state index in [1.807, 2.05) is 0 Å². The van der Waals surface area contributed by atoms with Crippen LogP contribution in [0.25, 0.3) is 54.9 Å². The first-order chi connectivity index (χ1) is 16.3. The van der Waals surface area contributed by atoms with Crippen molar-refractivity contribution < 1.29 is 0 Å². The summed E-state index contributed by atoms with van der Waals surface area (Å²) in [5.41, 5.74) is 8.88. The standard InChI is InChI=1S/C33H24/c1-23-20-31(25-14-6-3-7-15-25)33(22-30(23)24-12-4-2-5-13-24)32-21-26-16-8-9-17-27(26)28-18-10-11-19-29(28)32/h2-22H,1H3. The van der Waals surface area contributed by atoms with Gasteiger partial charge in [0.25, 0.3) is 0 Å². The lowest BCUT2D eigenvalue weighted by atomic mass is 9.85. The smallest absolute Gasteiger partial charge is 0.00926 e. The number of hydrogen-bond acceptors (Lipinski definition) is 0.